The molecule has 0 radical (unpaired) electrons. The molecule has 2 N–H and O–H groups in total. The van der Waals surface area contributed by atoms with Crippen molar-refractivity contribution in [1.82, 2.24) is 0 Å². The molecule has 0 aliphatic carbocycles. The number of nitrogens with two attached hydrogens (primary N) is 1. The molecule has 1 nitrogen and oxygen atoms in total. The maximum Gasteiger partial charge on any atom is 0.00558 e. The third kappa shape index (κ3) is 8.31. The van der Waals surface area contributed by atoms with E-state index in [1.807, 2.05) is 11.8 Å². The Labute approximate surface area is 68.8 Å². The fourth-order valence-corrected chi connectivity index (χ4v) is 1.69. The van der Waals surface area contributed by atoms with Crippen molar-refractivity contribution < 1.29 is 0 Å². The Morgan fingerprint density at radius 2 is 1.80 bits per heavy atom. The van der Waals surface area contributed by atoms with Crippen LogP contribution in [0.4, 0.5) is 0 Å². The Kier molecular flexibility index (Phi) is 5.18. The molecule has 0 atom stereocenters. The molecule has 0 aliphatic heterocycles. The summed E-state index contributed by atoms with van der Waals surface area (Å²) in [5.41, 5.74) is 5.85. The number of thioether (sulfide) groups is 1. The van der Waals surface area contributed by atoms with Gasteiger partial charge in [0, 0.05) is 12.3 Å². The summed E-state index contributed by atoms with van der Waals surface area (Å²) >= 11 is 1.96. The average Bonchev–Trinajstić information content (AvgIpc) is 1.78. The average molecular weight is 161 g/mol. The summed E-state index contributed by atoms with van der Waals surface area (Å²) in [7, 11) is 0. The Balaban J connectivity index is 3.04. The molecule has 0 aromatic heterocycles. The topological polar surface area (TPSA) is 26.0 Å². The summed E-state index contributed by atoms with van der Waals surface area (Å²) in [6, 6.07) is 0. The summed E-state index contributed by atoms with van der Waals surface area (Å²) in [6.07, 6.45) is 1.29. The quantitative estimate of drug-likeness (QED) is 0.639. The van der Waals surface area contributed by atoms with Crippen molar-refractivity contribution in [2.75, 3.05) is 18.1 Å². The Hall–Kier alpha value is 0.310. The van der Waals surface area contributed by atoms with Crippen molar-refractivity contribution in [2.24, 2.45) is 11.1 Å². The highest BCUT2D eigenvalue weighted by atomic mass is 32.2. The minimum absolute atomic E-state index is 0.488. The molecule has 0 unspecified atom stereocenters. The van der Waals surface area contributed by atoms with Crippen LogP contribution in [0.5, 0.6) is 0 Å². The van der Waals surface area contributed by atoms with Gasteiger partial charge in [-0.3, -0.25) is 0 Å². The highest BCUT2D eigenvalue weighted by Crippen LogP contribution is 2.20. The van der Waals surface area contributed by atoms with Crippen molar-refractivity contribution >= 4 is 11.8 Å². The van der Waals surface area contributed by atoms with Crippen LogP contribution in [0, 0.1) is 5.41 Å². The van der Waals surface area contributed by atoms with Crippen LogP contribution in [0.15, 0.2) is 0 Å². The highest BCUT2D eigenvalue weighted by Gasteiger charge is 2.08. The van der Waals surface area contributed by atoms with Gasteiger partial charge in [0.15, 0.2) is 0 Å². The van der Waals surface area contributed by atoms with Crippen LogP contribution in [-0.2, 0) is 0 Å². The fourth-order valence-electron chi connectivity index (χ4n) is 0.564. The van der Waals surface area contributed by atoms with E-state index in [0.29, 0.717) is 5.41 Å². The lowest BCUT2D eigenvalue weighted by molar-refractivity contribution is 0.401. The van der Waals surface area contributed by atoms with Crippen LogP contribution in [0.2, 0.25) is 0 Å². The Morgan fingerprint density at radius 1 is 1.20 bits per heavy atom. The van der Waals surface area contributed by atoms with Gasteiger partial charge in [0.25, 0.3) is 0 Å². The monoisotopic (exact) mass is 161 g/mol. The molecule has 0 rings (SSSR count). The first-order valence-corrected chi connectivity index (χ1v) is 4.99. The molecule has 10 heavy (non-hydrogen) atoms. The lowest BCUT2D eigenvalue weighted by Gasteiger charge is -2.16. The largest absolute Gasteiger partial charge is 0.330 e. The first-order chi connectivity index (χ1) is 4.56. The normalized spacial score (nSPS) is 12.0. The molecule has 0 fully saturated rings. The molecular weight excluding hydrogens is 142 g/mol. The summed E-state index contributed by atoms with van der Waals surface area (Å²) in [4.78, 5) is 0. The molecule has 0 aromatic carbocycles. The standard InChI is InChI=1S/C8H19NS/c1-8(2,3)4-6-10-7-5-9/h4-7,9H2,1-3H3. The van der Waals surface area contributed by atoms with E-state index in [2.05, 4.69) is 20.8 Å². The molecule has 0 heterocycles. The van der Waals surface area contributed by atoms with E-state index in [-0.39, 0.29) is 0 Å². The van der Waals surface area contributed by atoms with E-state index in [1.165, 1.54) is 12.2 Å². The minimum Gasteiger partial charge on any atom is -0.330 e. The zero-order chi connectivity index (χ0) is 8.04. The molecule has 0 amide bonds. The Morgan fingerprint density at radius 3 is 2.20 bits per heavy atom. The SMILES string of the molecule is CC(C)(C)CCSCCN. The zero-order valence-electron chi connectivity index (χ0n) is 7.31. The number of rotatable bonds is 4. The van der Waals surface area contributed by atoms with Crippen molar-refractivity contribution in [3.63, 3.8) is 0 Å². The van der Waals surface area contributed by atoms with E-state index in [9.17, 15) is 0 Å². The summed E-state index contributed by atoms with van der Waals surface area (Å²) in [5, 5.41) is 0. The second-order valence-electron chi connectivity index (χ2n) is 3.71. The molecule has 2 heteroatoms. The van der Waals surface area contributed by atoms with Gasteiger partial charge in [0.2, 0.25) is 0 Å². The molecule has 0 aromatic rings. The third-order valence-corrected chi connectivity index (χ3v) is 2.28. The van der Waals surface area contributed by atoms with Gasteiger partial charge in [-0.1, -0.05) is 20.8 Å². The van der Waals surface area contributed by atoms with Crippen molar-refractivity contribution in [3.8, 4) is 0 Å². The number of hydrogen-bond acceptors (Lipinski definition) is 2. The van der Waals surface area contributed by atoms with Crippen LogP contribution in [0.1, 0.15) is 27.2 Å². The highest BCUT2D eigenvalue weighted by molar-refractivity contribution is 7.99. The summed E-state index contributed by atoms with van der Waals surface area (Å²) < 4.78 is 0. The summed E-state index contributed by atoms with van der Waals surface area (Å²) in [5.74, 6) is 2.36. The lowest BCUT2D eigenvalue weighted by atomic mass is 9.94. The van der Waals surface area contributed by atoms with Gasteiger partial charge >= 0.3 is 0 Å². The molecule has 0 saturated heterocycles. The van der Waals surface area contributed by atoms with E-state index >= 15 is 0 Å². The van der Waals surface area contributed by atoms with E-state index in [1.54, 1.807) is 0 Å². The van der Waals surface area contributed by atoms with Gasteiger partial charge in [0.1, 0.15) is 0 Å². The van der Waals surface area contributed by atoms with Gasteiger partial charge in [-0.05, 0) is 17.6 Å². The molecule has 62 valence electrons. The molecular formula is C8H19NS. The predicted molar refractivity (Wildman–Crippen MR) is 50.5 cm³/mol. The maximum absolute atomic E-state index is 5.36. The van der Waals surface area contributed by atoms with Crippen LogP contribution < -0.4 is 5.73 Å². The lowest BCUT2D eigenvalue weighted by Crippen LogP contribution is -2.08. The zero-order valence-corrected chi connectivity index (χ0v) is 8.13. The van der Waals surface area contributed by atoms with E-state index in [4.69, 9.17) is 5.73 Å². The molecule has 0 aliphatic rings. The molecule has 0 spiro atoms. The number of hydrogen-bond donors (Lipinski definition) is 1. The van der Waals surface area contributed by atoms with Crippen molar-refractivity contribution in [1.29, 1.82) is 0 Å². The van der Waals surface area contributed by atoms with Crippen molar-refractivity contribution in [3.05, 3.63) is 0 Å². The predicted octanol–water partition coefficient (Wildman–Crippen LogP) is 2.11. The van der Waals surface area contributed by atoms with Gasteiger partial charge < -0.3 is 5.73 Å². The van der Waals surface area contributed by atoms with Gasteiger partial charge in [-0.15, -0.1) is 0 Å². The maximum atomic E-state index is 5.36. The van der Waals surface area contributed by atoms with Gasteiger partial charge in [0.05, 0.1) is 0 Å². The van der Waals surface area contributed by atoms with Gasteiger partial charge in [-0.25, -0.2) is 0 Å². The smallest absolute Gasteiger partial charge is 0.00558 e. The van der Waals surface area contributed by atoms with E-state index in [0.717, 1.165) is 12.3 Å². The van der Waals surface area contributed by atoms with Crippen LogP contribution in [-0.4, -0.2) is 18.1 Å². The second-order valence-corrected chi connectivity index (χ2v) is 4.94. The second kappa shape index (κ2) is 5.03. The first-order valence-electron chi connectivity index (χ1n) is 3.84. The fraction of sp³-hybridized carbons (Fsp3) is 1.00. The van der Waals surface area contributed by atoms with Crippen molar-refractivity contribution in [2.45, 2.75) is 27.2 Å². The van der Waals surface area contributed by atoms with Crippen LogP contribution >= 0.6 is 11.8 Å². The molecule has 0 bridgehead atoms. The van der Waals surface area contributed by atoms with Crippen LogP contribution in [0.25, 0.3) is 0 Å². The Bertz CT molecular complexity index is 75.8. The first kappa shape index (κ1) is 10.3. The third-order valence-electron chi connectivity index (χ3n) is 1.26. The van der Waals surface area contributed by atoms with Crippen LogP contribution in [0.3, 0.4) is 0 Å². The van der Waals surface area contributed by atoms with Gasteiger partial charge in [-0.2, -0.15) is 11.8 Å². The molecule has 0 saturated carbocycles. The van der Waals surface area contributed by atoms with E-state index < -0.39 is 0 Å². The minimum atomic E-state index is 0.488. The summed E-state index contributed by atoms with van der Waals surface area (Å²) in [6.45, 7) is 7.64.